The van der Waals surface area contributed by atoms with Gasteiger partial charge in [0.1, 0.15) is 5.84 Å². The third kappa shape index (κ3) is 3.44. The Kier molecular flexibility index (Phi) is 4.19. The van der Waals surface area contributed by atoms with Crippen molar-refractivity contribution in [1.29, 1.82) is 5.41 Å². The Bertz CT molecular complexity index is 749. The van der Waals surface area contributed by atoms with Crippen LogP contribution in [-0.4, -0.2) is 30.0 Å². The molecule has 0 aliphatic carbocycles. The molecular weight excluding hydrogens is 290 g/mol. The van der Waals surface area contributed by atoms with E-state index in [-0.39, 0.29) is 12.3 Å². The molecule has 23 heavy (non-hydrogen) atoms. The highest BCUT2D eigenvalue weighted by Gasteiger charge is 2.21. The zero-order valence-corrected chi connectivity index (χ0v) is 13.0. The molecule has 0 unspecified atom stereocenters. The van der Waals surface area contributed by atoms with E-state index in [1.54, 1.807) is 0 Å². The van der Waals surface area contributed by atoms with Crippen LogP contribution in [0.3, 0.4) is 0 Å². The first-order valence-corrected chi connectivity index (χ1v) is 7.88. The third-order valence-corrected chi connectivity index (χ3v) is 4.58. The molecule has 1 aliphatic heterocycles. The summed E-state index contributed by atoms with van der Waals surface area (Å²) in [5, 5.41) is 18.6. The summed E-state index contributed by atoms with van der Waals surface area (Å²) >= 11 is 0. The maximum atomic E-state index is 10.8. The van der Waals surface area contributed by atoms with Crippen molar-refractivity contribution in [1.82, 2.24) is 0 Å². The predicted octanol–water partition coefficient (Wildman–Crippen LogP) is 2.81. The summed E-state index contributed by atoms with van der Waals surface area (Å²) in [6.07, 6.45) is 2.13. The van der Waals surface area contributed by atoms with Crippen LogP contribution in [0.4, 0.5) is 5.69 Å². The molecule has 5 heteroatoms. The molecule has 0 bridgehead atoms. The first-order chi connectivity index (χ1) is 11.0. The van der Waals surface area contributed by atoms with Gasteiger partial charge in [0.2, 0.25) is 0 Å². The topological polar surface area (TPSA) is 90.4 Å². The zero-order chi connectivity index (χ0) is 16.4. The molecule has 1 fully saturated rings. The van der Waals surface area contributed by atoms with Gasteiger partial charge in [-0.3, -0.25) is 10.2 Å². The first-order valence-electron chi connectivity index (χ1n) is 7.88. The van der Waals surface area contributed by atoms with Gasteiger partial charge in [0, 0.05) is 30.8 Å². The number of anilines is 1. The maximum absolute atomic E-state index is 10.8. The molecule has 120 valence electrons. The summed E-state index contributed by atoms with van der Waals surface area (Å²) in [6.45, 7) is 1.80. The van der Waals surface area contributed by atoms with Crippen LogP contribution in [0.5, 0.6) is 0 Å². The molecule has 1 heterocycles. The Morgan fingerprint density at radius 3 is 2.48 bits per heavy atom. The summed E-state index contributed by atoms with van der Waals surface area (Å²) in [7, 11) is 0. The Balaban J connectivity index is 1.75. The average molecular weight is 311 g/mol. The second-order valence-corrected chi connectivity index (χ2v) is 6.19. The van der Waals surface area contributed by atoms with Gasteiger partial charge in [0.15, 0.2) is 0 Å². The van der Waals surface area contributed by atoms with Crippen molar-refractivity contribution in [3.05, 3.63) is 42.0 Å². The lowest BCUT2D eigenvalue weighted by atomic mass is 9.93. The van der Waals surface area contributed by atoms with E-state index in [1.807, 2.05) is 18.2 Å². The highest BCUT2D eigenvalue weighted by molar-refractivity contribution is 5.99. The van der Waals surface area contributed by atoms with Crippen molar-refractivity contribution >= 4 is 28.3 Å². The summed E-state index contributed by atoms with van der Waals surface area (Å²) in [5.41, 5.74) is 7.44. The minimum Gasteiger partial charge on any atom is -0.481 e. The number of nitrogens with zero attached hydrogens (tertiary/aromatic N) is 1. The Morgan fingerprint density at radius 2 is 1.83 bits per heavy atom. The van der Waals surface area contributed by atoms with Crippen molar-refractivity contribution in [3.63, 3.8) is 0 Å². The van der Waals surface area contributed by atoms with Crippen LogP contribution in [0.1, 0.15) is 24.8 Å². The first kappa shape index (κ1) is 15.3. The zero-order valence-electron chi connectivity index (χ0n) is 13.0. The molecule has 2 aromatic carbocycles. The van der Waals surface area contributed by atoms with Gasteiger partial charge < -0.3 is 15.7 Å². The molecule has 0 radical (unpaired) electrons. The highest BCUT2D eigenvalue weighted by atomic mass is 16.4. The standard InChI is InChI=1S/C18H21N3O2/c19-18(20)15-2-1-14-11-16(4-3-13(14)10-15)21-7-5-12(6-8-21)9-17(22)23/h1-4,10-12H,5-9H2,(H3,19,20)(H,22,23). The molecule has 2 aromatic rings. The summed E-state index contributed by atoms with van der Waals surface area (Å²) in [6, 6.07) is 12.1. The fraction of sp³-hybridized carbons (Fsp3) is 0.333. The fourth-order valence-electron chi connectivity index (χ4n) is 3.24. The van der Waals surface area contributed by atoms with E-state index in [2.05, 4.69) is 23.1 Å². The minimum atomic E-state index is -0.699. The number of carboxylic acid groups (broad SMARTS) is 1. The van der Waals surface area contributed by atoms with Gasteiger partial charge in [-0.2, -0.15) is 0 Å². The van der Waals surface area contributed by atoms with E-state index in [0.29, 0.717) is 5.92 Å². The van der Waals surface area contributed by atoms with E-state index in [1.165, 1.54) is 5.69 Å². The molecule has 4 N–H and O–H groups in total. The van der Waals surface area contributed by atoms with Crippen LogP contribution in [-0.2, 0) is 4.79 Å². The Morgan fingerprint density at radius 1 is 1.17 bits per heavy atom. The predicted molar refractivity (Wildman–Crippen MR) is 92.2 cm³/mol. The van der Waals surface area contributed by atoms with Crippen molar-refractivity contribution in [2.45, 2.75) is 19.3 Å². The number of nitrogens with one attached hydrogen (secondary N) is 1. The molecule has 0 spiro atoms. The highest BCUT2D eigenvalue weighted by Crippen LogP contribution is 2.28. The molecule has 0 aromatic heterocycles. The second-order valence-electron chi connectivity index (χ2n) is 6.19. The lowest BCUT2D eigenvalue weighted by Gasteiger charge is -2.33. The van der Waals surface area contributed by atoms with Crippen LogP contribution in [0.25, 0.3) is 10.8 Å². The van der Waals surface area contributed by atoms with Gasteiger partial charge in [0.05, 0.1) is 0 Å². The van der Waals surface area contributed by atoms with Gasteiger partial charge in [0.25, 0.3) is 0 Å². The van der Waals surface area contributed by atoms with Crippen molar-refractivity contribution in [2.75, 3.05) is 18.0 Å². The maximum Gasteiger partial charge on any atom is 0.303 e. The summed E-state index contributed by atoms with van der Waals surface area (Å²) in [5.74, 6) is -0.325. The Hall–Kier alpha value is -2.56. The summed E-state index contributed by atoms with van der Waals surface area (Å²) < 4.78 is 0. The van der Waals surface area contributed by atoms with E-state index in [4.69, 9.17) is 16.2 Å². The number of benzene rings is 2. The van der Waals surface area contributed by atoms with E-state index >= 15 is 0 Å². The molecule has 1 saturated heterocycles. The van der Waals surface area contributed by atoms with Gasteiger partial charge in [-0.05, 0) is 47.7 Å². The Labute approximate surface area is 135 Å². The van der Waals surface area contributed by atoms with Crippen LogP contribution >= 0.6 is 0 Å². The van der Waals surface area contributed by atoms with Crippen LogP contribution in [0.2, 0.25) is 0 Å². The van der Waals surface area contributed by atoms with E-state index in [0.717, 1.165) is 42.3 Å². The number of nitrogens with two attached hydrogens (primary N) is 1. The number of piperidine rings is 1. The molecule has 0 amide bonds. The van der Waals surface area contributed by atoms with Crippen molar-refractivity contribution < 1.29 is 9.90 Å². The number of aliphatic carboxylic acids is 1. The number of nitrogen functional groups attached to an aromatic ring is 1. The number of fused-ring (bicyclic) bond motifs is 1. The van der Waals surface area contributed by atoms with E-state index in [9.17, 15) is 4.79 Å². The van der Waals surface area contributed by atoms with Crippen LogP contribution in [0, 0.1) is 11.3 Å². The average Bonchev–Trinajstić information content (AvgIpc) is 2.54. The van der Waals surface area contributed by atoms with E-state index < -0.39 is 5.97 Å². The molecule has 0 saturated carbocycles. The lowest BCUT2D eigenvalue weighted by molar-refractivity contribution is -0.138. The molecule has 5 nitrogen and oxygen atoms in total. The third-order valence-electron chi connectivity index (χ3n) is 4.58. The number of rotatable bonds is 4. The molecular formula is C18H21N3O2. The molecule has 0 atom stereocenters. The number of hydrogen-bond acceptors (Lipinski definition) is 3. The molecule has 3 rings (SSSR count). The number of hydrogen-bond donors (Lipinski definition) is 3. The molecule has 1 aliphatic rings. The fourth-order valence-corrected chi connectivity index (χ4v) is 3.24. The quantitative estimate of drug-likeness (QED) is 0.598. The van der Waals surface area contributed by atoms with Crippen molar-refractivity contribution in [3.8, 4) is 0 Å². The smallest absolute Gasteiger partial charge is 0.303 e. The largest absolute Gasteiger partial charge is 0.481 e. The second kappa shape index (κ2) is 6.28. The van der Waals surface area contributed by atoms with Gasteiger partial charge in [-0.1, -0.05) is 18.2 Å². The number of carboxylic acids is 1. The van der Waals surface area contributed by atoms with Crippen LogP contribution in [0.15, 0.2) is 36.4 Å². The van der Waals surface area contributed by atoms with Gasteiger partial charge >= 0.3 is 5.97 Å². The van der Waals surface area contributed by atoms with Crippen molar-refractivity contribution in [2.24, 2.45) is 11.7 Å². The summed E-state index contributed by atoms with van der Waals surface area (Å²) in [4.78, 5) is 13.1. The SMILES string of the molecule is N=C(N)c1ccc2cc(N3CCC(CC(=O)O)CC3)ccc2c1. The normalized spacial score (nSPS) is 15.7. The lowest BCUT2D eigenvalue weighted by Crippen LogP contribution is -2.34. The minimum absolute atomic E-state index is 0.0801. The van der Waals surface area contributed by atoms with Gasteiger partial charge in [-0.15, -0.1) is 0 Å². The van der Waals surface area contributed by atoms with Crippen LogP contribution < -0.4 is 10.6 Å². The number of amidine groups is 1. The number of carbonyl (C=O) groups is 1. The van der Waals surface area contributed by atoms with Gasteiger partial charge in [-0.25, -0.2) is 0 Å². The monoisotopic (exact) mass is 311 g/mol.